The first kappa shape index (κ1) is 15.7. The van der Waals surface area contributed by atoms with Crippen LogP contribution in [0.25, 0.3) is 0 Å². The van der Waals surface area contributed by atoms with Gasteiger partial charge in [0.05, 0.1) is 6.61 Å². The van der Waals surface area contributed by atoms with Gasteiger partial charge < -0.3 is 4.74 Å². The first-order chi connectivity index (χ1) is 9.13. The summed E-state index contributed by atoms with van der Waals surface area (Å²) in [6, 6.07) is 10.9. The Labute approximate surface area is 116 Å². The molecule has 106 valence electrons. The SMILES string of the molecule is CCOC(=O)CCCN(Cc1ccccc1)C(C)C. The zero-order valence-electron chi connectivity index (χ0n) is 12.3. The number of ether oxygens (including phenoxy) is 1. The Morgan fingerprint density at radius 1 is 1.26 bits per heavy atom. The summed E-state index contributed by atoms with van der Waals surface area (Å²) < 4.78 is 4.94. The highest BCUT2D eigenvalue weighted by molar-refractivity contribution is 5.69. The lowest BCUT2D eigenvalue weighted by Crippen LogP contribution is -2.31. The molecule has 1 rings (SSSR count). The monoisotopic (exact) mass is 263 g/mol. The lowest BCUT2D eigenvalue weighted by molar-refractivity contribution is -0.143. The number of carbonyl (C=O) groups excluding carboxylic acids is 1. The summed E-state index contributed by atoms with van der Waals surface area (Å²) in [5, 5.41) is 0. The summed E-state index contributed by atoms with van der Waals surface area (Å²) >= 11 is 0. The Hall–Kier alpha value is -1.35. The maximum Gasteiger partial charge on any atom is 0.305 e. The van der Waals surface area contributed by atoms with E-state index >= 15 is 0 Å². The third-order valence-corrected chi connectivity index (χ3v) is 3.09. The average molecular weight is 263 g/mol. The molecule has 0 fully saturated rings. The average Bonchev–Trinajstić information content (AvgIpc) is 2.39. The molecule has 0 aliphatic heterocycles. The highest BCUT2D eigenvalue weighted by Gasteiger charge is 2.11. The van der Waals surface area contributed by atoms with Gasteiger partial charge in [-0.2, -0.15) is 0 Å². The highest BCUT2D eigenvalue weighted by atomic mass is 16.5. The molecule has 0 aliphatic rings. The second kappa shape index (κ2) is 8.70. The highest BCUT2D eigenvalue weighted by Crippen LogP contribution is 2.09. The van der Waals surface area contributed by atoms with Crippen molar-refractivity contribution in [1.29, 1.82) is 0 Å². The molecule has 0 saturated heterocycles. The van der Waals surface area contributed by atoms with E-state index in [0.29, 0.717) is 19.1 Å². The van der Waals surface area contributed by atoms with Crippen LogP contribution < -0.4 is 0 Å². The quantitative estimate of drug-likeness (QED) is 0.674. The van der Waals surface area contributed by atoms with Crippen LogP contribution in [0.4, 0.5) is 0 Å². The van der Waals surface area contributed by atoms with Crippen molar-refractivity contribution in [3.05, 3.63) is 35.9 Å². The third-order valence-electron chi connectivity index (χ3n) is 3.09. The molecule has 0 aliphatic carbocycles. The largest absolute Gasteiger partial charge is 0.466 e. The van der Waals surface area contributed by atoms with Gasteiger partial charge in [0.25, 0.3) is 0 Å². The summed E-state index contributed by atoms with van der Waals surface area (Å²) in [6.45, 7) is 8.54. The Morgan fingerprint density at radius 3 is 2.53 bits per heavy atom. The molecule has 0 saturated carbocycles. The van der Waals surface area contributed by atoms with Gasteiger partial charge in [-0.1, -0.05) is 30.3 Å². The fourth-order valence-electron chi connectivity index (χ4n) is 2.00. The summed E-state index contributed by atoms with van der Waals surface area (Å²) in [6.07, 6.45) is 1.36. The molecule has 0 amide bonds. The van der Waals surface area contributed by atoms with E-state index in [2.05, 4.69) is 43.0 Å². The van der Waals surface area contributed by atoms with E-state index in [1.807, 2.05) is 13.0 Å². The maximum atomic E-state index is 11.3. The topological polar surface area (TPSA) is 29.5 Å². The van der Waals surface area contributed by atoms with Gasteiger partial charge in [0.2, 0.25) is 0 Å². The van der Waals surface area contributed by atoms with Crippen molar-refractivity contribution in [3.8, 4) is 0 Å². The van der Waals surface area contributed by atoms with E-state index in [-0.39, 0.29) is 5.97 Å². The van der Waals surface area contributed by atoms with E-state index in [1.54, 1.807) is 0 Å². The molecule has 0 aromatic heterocycles. The number of hydrogen-bond acceptors (Lipinski definition) is 3. The number of benzene rings is 1. The third kappa shape index (κ3) is 6.39. The summed E-state index contributed by atoms with van der Waals surface area (Å²) in [7, 11) is 0. The van der Waals surface area contributed by atoms with Crippen LogP contribution >= 0.6 is 0 Å². The van der Waals surface area contributed by atoms with Gasteiger partial charge in [-0.15, -0.1) is 0 Å². The molecule has 0 N–H and O–H groups in total. The fraction of sp³-hybridized carbons (Fsp3) is 0.562. The number of rotatable bonds is 8. The van der Waals surface area contributed by atoms with Gasteiger partial charge in [0.1, 0.15) is 0 Å². The van der Waals surface area contributed by atoms with Crippen molar-refractivity contribution < 1.29 is 9.53 Å². The van der Waals surface area contributed by atoms with Crippen LogP contribution in [-0.2, 0) is 16.1 Å². The van der Waals surface area contributed by atoms with Crippen LogP contribution in [0.3, 0.4) is 0 Å². The van der Waals surface area contributed by atoms with Crippen LogP contribution in [0.2, 0.25) is 0 Å². The Kier molecular flexibility index (Phi) is 7.19. The van der Waals surface area contributed by atoms with E-state index in [1.165, 1.54) is 5.56 Å². The van der Waals surface area contributed by atoms with Crippen molar-refractivity contribution in [1.82, 2.24) is 4.90 Å². The van der Waals surface area contributed by atoms with Gasteiger partial charge in [-0.05, 0) is 39.3 Å². The molecule has 0 bridgehead atoms. The van der Waals surface area contributed by atoms with E-state index in [4.69, 9.17) is 4.74 Å². The number of hydrogen-bond donors (Lipinski definition) is 0. The number of esters is 1. The van der Waals surface area contributed by atoms with Crippen LogP contribution in [0.1, 0.15) is 39.2 Å². The minimum atomic E-state index is -0.0917. The minimum Gasteiger partial charge on any atom is -0.466 e. The lowest BCUT2D eigenvalue weighted by Gasteiger charge is -2.26. The smallest absolute Gasteiger partial charge is 0.305 e. The molecule has 3 heteroatoms. The summed E-state index contributed by atoms with van der Waals surface area (Å²) in [4.78, 5) is 13.7. The minimum absolute atomic E-state index is 0.0917. The Balaban J connectivity index is 2.39. The van der Waals surface area contributed by atoms with Crippen LogP contribution in [0.15, 0.2) is 30.3 Å². The molecule has 0 spiro atoms. The zero-order valence-corrected chi connectivity index (χ0v) is 12.3. The lowest BCUT2D eigenvalue weighted by atomic mass is 10.1. The molecule has 1 aromatic rings. The van der Waals surface area contributed by atoms with Crippen LogP contribution in [0, 0.1) is 0 Å². The molecule has 0 heterocycles. The van der Waals surface area contributed by atoms with Crippen molar-refractivity contribution >= 4 is 5.97 Å². The second-order valence-electron chi connectivity index (χ2n) is 4.96. The fourth-order valence-corrected chi connectivity index (χ4v) is 2.00. The first-order valence-corrected chi connectivity index (χ1v) is 7.07. The summed E-state index contributed by atoms with van der Waals surface area (Å²) in [5.74, 6) is -0.0917. The molecule has 0 unspecified atom stereocenters. The standard InChI is InChI=1S/C16H25NO2/c1-4-19-16(18)11-8-12-17(14(2)3)13-15-9-6-5-7-10-15/h5-7,9-10,14H,4,8,11-13H2,1-3H3. The maximum absolute atomic E-state index is 11.3. The molecular formula is C16H25NO2. The van der Waals surface area contributed by atoms with E-state index in [0.717, 1.165) is 19.5 Å². The first-order valence-electron chi connectivity index (χ1n) is 7.07. The van der Waals surface area contributed by atoms with Crippen LogP contribution in [0.5, 0.6) is 0 Å². The van der Waals surface area contributed by atoms with Crippen molar-refractivity contribution in [2.75, 3.05) is 13.2 Å². The molecule has 19 heavy (non-hydrogen) atoms. The number of nitrogens with zero attached hydrogens (tertiary/aromatic N) is 1. The van der Waals surface area contributed by atoms with Crippen molar-refractivity contribution in [3.63, 3.8) is 0 Å². The Bertz CT molecular complexity index is 362. The molecular weight excluding hydrogens is 238 g/mol. The van der Waals surface area contributed by atoms with E-state index < -0.39 is 0 Å². The van der Waals surface area contributed by atoms with Gasteiger partial charge in [-0.25, -0.2) is 0 Å². The van der Waals surface area contributed by atoms with Crippen molar-refractivity contribution in [2.24, 2.45) is 0 Å². The molecule has 0 radical (unpaired) electrons. The molecule has 3 nitrogen and oxygen atoms in total. The zero-order chi connectivity index (χ0) is 14.1. The normalized spacial score (nSPS) is 11.0. The number of carbonyl (C=O) groups is 1. The van der Waals surface area contributed by atoms with E-state index in [9.17, 15) is 4.79 Å². The Morgan fingerprint density at radius 2 is 1.95 bits per heavy atom. The second-order valence-corrected chi connectivity index (χ2v) is 4.96. The van der Waals surface area contributed by atoms with Gasteiger partial charge in [0, 0.05) is 19.0 Å². The van der Waals surface area contributed by atoms with Crippen molar-refractivity contribution in [2.45, 2.75) is 46.2 Å². The molecule has 1 aromatic carbocycles. The van der Waals surface area contributed by atoms with Gasteiger partial charge in [-0.3, -0.25) is 9.69 Å². The molecule has 0 atom stereocenters. The van der Waals surface area contributed by atoms with Crippen LogP contribution in [-0.4, -0.2) is 30.1 Å². The predicted molar refractivity (Wildman–Crippen MR) is 77.9 cm³/mol. The van der Waals surface area contributed by atoms with Gasteiger partial charge in [0.15, 0.2) is 0 Å². The van der Waals surface area contributed by atoms with Gasteiger partial charge >= 0.3 is 5.97 Å². The summed E-state index contributed by atoms with van der Waals surface area (Å²) in [5.41, 5.74) is 1.31. The predicted octanol–water partition coefficient (Wildman–Crippen LogP) is 3.24.